The Bertz CT molecular complexity index is 409. The van der Waals surface area contributed by atoms with Crippen molar-refractivity contribution in [1.29, 1.82) is 0 Å². The molecule has 0 radical (unpaired) electrons. The smallest absolute Gasteiger partial charge is 0.0603 e. The van der Waals surface area contributed by atoms with Crippen LogP contribution in [0.4, 0.5) is 0 Å². The highest BCUT2D eigenvalue weighted by Crippen LogP contribution is 2.44. The number of methoxy groups -OCH3 is 1. The number of piperidine rings is 1. The van der Waals surface area contributed by atoms with E-state index in [9.17, 15) is 0 Å². The summed E-state index contributed by atoms with van der Waals surface area (Å²) >= 11 is 3.57. The molecule has 2 nitrogen and oxygen atoms in total. The van der Waals surface area contributed by atoms with E-state index in [0.717, 1.165) is 24.0 Å². The normalized spacial score (nSPS) is 30.1. The minimum atomic E-state index is 0.195. The minimum absolute atomic E-state index is 0.195. The van der Waals surface area contributed by atoms with Gasteiger partial charge in [0.15, 0.2) is 0 Å². The van der Waals surface area contributed by atoms with Gasteiger partial charge in [-0.3, -0.25) is 0 Å². The van der Waals surface area contributed by atoms with Gasteiger partial charge < -0.3 is 10.1 Å². The van der Waals surface area contributed by atoms with Gasteiger partial charge in [0.05, 0.1) is 6.10 Å². The molecule has 2 rings (SSSR count). The largest absolute Gasteiger partial charge is 0.381 e. The fourth-order valence-electron chi connectivity index (χ4n) is 2.99. The molecule has 1 aliphatic heterocycles. The van der Waals surface area contributed by atoms with Gasteiger partial charge in [-0.25, -0.2) is 0 Å². The molecule has 1 saturated heterocycles. The summed E-state index contributed by atoms with van der Waals surface area (Å²) in [5, 5.41) is 3.52. The summed E-state index contributed by atoms with van der Waals surface area (Å²) in [6.07, 6.45) is 1.42. The lowest BCUT2D eigenvalue weighted by Crippen LogP contribution is -2.48. The van der Waals surface area contributed by atoms with Crippen LogP contribution in [0, 0.1) is 5.41 Å². The zero-order chi connectivity index (χ0) is 13.2. The summed E-state index contributed by atoms with van der Waals surface area (Å²) in [5.41, 5.74) is 1.59. The molecule has 1 aromatic rings. The van der Waals surface area contributed by atoms with Crippen molar-refractivity contribution >= 4 is 15.9 Å². The molecule has 1 heterocycles. The van der Waals surface area contributed by atoms with Gasteiger partial charge in [-0.15, -0.1) is 0 Å². The topological polar surface area (TPSA) is 21.3 Å². The lowest BCUT2D eigenvalue weighted by atomic mass is 9.66. The average Bonchev–Trinajstić information content (AvgIpc) is 2.38. The van der Waals surface area contributed by atoms with Gasteiger partial charge >= 0.3 is 0 Å². The number of hydrogen-bond donors (Lipinski definition) is 1. The van der Waals surface area contributed by atoms with Crippen LogP contribution in [0.2, 0.25) is 0 Å². The first kappa shape index (κ1) is 14.0. The molecule has 0 spiro atoms. The Morgan fingerprint density at radius 2 is 2.28 bits per heavy atom. The number of nitrogens with one attached hydrogen (secondary N) is 1. The fraction of sp³-hybridized carbons (Fsp3) is 0.600. The Morgan fingerprint density at radius 1 is 1.50 bits per heavy atom. The molecule has 3 unspecified atom stereocenters. The zero-order valence-corrected chi connectivity index (χ0v) is 13.0. The van der Waals surface area contributed by atoms with Crippen LogP contribution in [0.25, 0.3) is 0 Å². The standard InChI is InChI=1S/C15H22BrNO/c1-11(18-3)15(2)7-8-17-10-14(15)12-5-4-6-13(16)9-12/h4-6,9,11,14,17H,7-8,10H2,1-3H3. The van der Waals surface area contributed by atoms with Gasteiger partial charge in [0.1, 0.15) is 0 Å². The van der Waals surface area contributed by atoms with E-state index in [1.54, 1.807) is 0 Å². The van der Waals surface area contributed by atoms with Gasteiger partial charge in [0.2, 0.25) is 0 Å². The molecule has 0 aromatic heterocycles. The van der Waals surface area contributed by atoms with Crippen LogP contribution >= 0.6 is 15.9 Å². The van der Waals surface area contributed by atoms with Gasteiger partial charge in [-0.1, -0.05) is 35.0 Å². The number of ether oxygens (including phenoxy) is 1. The first-order valence-corrected chi connectivity index (χ1v) is 7.36. The second-order valence-electron chi connectivity index (χ2n) is 5.45. The Hall–Kier alpha value is -0.380. The van der Waals surface area contributed by atoms with E-state index >= 15 is 0 Å². The highest BCUT2D eigenvalue weighted by Gasteiger charge is 2.42. The highest BCUT2D eigenvalue weighted by molar-refractivity contribution is 9.10. The van der Waals surface area contributed by atoms with Crippen molar-refractivity contribution < 1.29 is 4.74 Å². The van der Waals surface area contributed by atoms with E-state index in [-0.39, 0.29) is 11.5 Å². The van der Waals surface area contributed by atoms with E-state index in [0.29, 0.717) is 5.92 Å². The maximum absolute atomic E-state index is 5.64. The van der Waals surface area contributed by atoms with Gasteiger partial charge in [0, 0.05) is 29.5 Å². The van der Waals surface area contributed by atoms with Crippen LogP contribution < -0.4 is 5.32 Å². The van der Waals surface area contributed by atoms with Crippen molar-refractivity contribution in [2.75, 3.05) is 20.2 Å². The third-order valence-electron chi connectivity index (χ3n) is 4.52. The number of hydrogen-bond acceptors (Lipinski definition) is 2. The van der Waals surface area contributed by atoms with Crippen LogP contribution in [0.5, 0.6) is 0 Å². The van der Waals surface area contributed by atoms with Crippen molar-refractivity contribution in [3.05, 3.63) is 34.3 Å². The van der Waals surface area contributed by atoms with E-state index in [1.807, 2.05) is 7.11 Å². The monoisotopic (exact) mass is 311 g/mol. The number of halogens is 1. The lowest BCUT2D eigenvalue weighted by molar-refractivity contribution is -0.0207. The summed E-state index contributed by atoms with van der Waals surface area (Å²) in [7, 11) is 1.82. The van der Waals surface area contributed by atoms with E-state index < -0.39 is 0 Å². The Morgan fingerprint density at radius 3 is 2.94 bits per heavy atom. The van der Waals surface area contributed by atoms with Crippen LogP contribution in [-0.4, -0.2) is 26.3 Å². The molecular weight excluding hydrogens is 290 g/mol. The minimum Gasteiger partial charge on any atom is -0.381 e. The Labute approximate surface area is 118 Å². The van der Waals surface area contributed by atoms with Crippen molar-refractivity contribution in [3.63, 3.8) is 0 Å². The molecule has 0 aliphatic carbocycles. The quantitative estimate of drug-likeness (QED) is 0.921. The Kier molecular flexibility index (Phi) is 4.46. The molecule has 1 N–H and O–H groups in total. The number of rotatable bonds is 3. The maximum atomic E-state index is 5.64. The third kappa shape index (κ3) is 2.63. The summed E-state index contributed by atoms with van der Waals surface area (Å²) in [6.45, 7) is 6.65. The molecule has 0 saturated carbocycles. The van der Waals surface area contributed by atoms with Crippen molar-refractivity contribution in [3.8, 4) is 0 Å². The molecule has 1 aromatic carbocycles. The molecule has 0 amide bonds. The van der Waals surface area contributed by atoms with Gasteiger partial charge in [-0.05, 0) is 37.6 Å². The molecule has 1 aliphatic rings. The summed E-state index contributed by atoms with van der Waals surface area (Å²) in [6, 6.07) is 8.66. The summed E-state index contributed by atoms with van der Waals surface area (Å²) < 4.78 is 6.79. The molecule has 3 heteroatoms. The van der Waals surface area contributed by atoms with Crippen LogP contribution in [0.15, 0.2) is 28.7 Å². The van der Waals surface area contributed by atoms with E-state index in [4.69, 9.17) is 4.74 Å². The summed E-state index contributed by atoms with van der Waals surface area (Å²) in [5.74, 6) is 0.499. The first-order chi connectivity index (χ1) is 8.58. The highest BCUT2D eigenvalue weighted by atomic mass is 79.9. The van der Waals surface area contributed by atoms with Crippen LogP contribution in [0.3, 0.4) is 0 Å². The molecule has 3 atom stereocenters. The second-order valence-corrected chi connectivity index (χ2v) is 6.36. The molecule has 1 fully saturated rings. The Balaban J connectivity index is 2.33. The van der Waals surface area contributed by atoms with Crippen molar-refractivity contribution in [2.45, 2.75) is 32.3 Å². The predicted molar refractivity (Wildman–Crippen MR) is 78.9 cm³/mol. The predicted octanol–water partition coefficient (Wildman–Crippen LogP) is 3.57. The van der Waals surface area contributed by atoms with Crippen molar-refractivity contribution in [2.24, 2.45) is 5.41 Å². The lowest BCUT2D eigenvalue weighted by Gasteiger charge is -2.45. The van der Waals surface area contributed by atoms with E-state index in [2.05, 4.69) is 59.4 Å². The molecular formula is C15H22BrNO. The molecule has 18 heavy (non-hydrogen) atoms. The second kappa shape index (κ2) is 5.72. The maximum Gasteiger partial charge on any atom is 0.0603 e. The van der Waals surface area contributed by atoms with Gasteiger partial charge in [-0.2, -0.15) is 0 Å². The summed E-state index contributed by atoms with van der Waals surface area (Å²) in [4.78, 5) is 0. The fourth-order valence-corrected chi connectivity index (χ4v) is 3.41. The van der Waals surface area contributed by atoms with Gasteiger partial charge in [0.25, 0.3) is 0 Å². The average molecular weight is 312 g/mol. The third-order valence-corrected chi connectivity index (χ3v) is 5.01. The van der Waals surface area contributed by atoms with Crippen LogP contribution in [-0.2, 0) is 4.74 Å². The van der Waals surface area contributed by atoms with E-state index in [1.165, 1.54) is 5.56 Å². The SMILES string of the molecule is COC(C)C1(C)CCNCC1c1cccc(Br)c1. The van der Waals surface area contributed by atoms with Crippen LogP contribution in [0.1, 0.15) is 31.7 Å². The molecule has 100 valence electrons. The molecule has 0 bridgehead atoms. The van der Waals surface area contributed by atoms with Crippen molar-refractivity contribution in [1.82, 2.24) is 5.32 Å². The zero-order valence-electron chi connectivity index (χ0n) is 11.4. The number of benzene rings is 1. The first-order valence-electron chi connectivity index (χ1n) is 6.57.